The Morgan fingerprint density at radius 1 is 1.24 bits per heavy atom. The number of nitrogen functional groups attached to an aromatic ring is 1. The van der Waals surface area contributed by atoms with Crippen LogP contribution in [0.25, 0.3) is 0 Å². The molecule has 2 heterocycles. The summed E-state index contributed by atoms with van der Waals surface area (Å²) in [5.74, 6) is 1.17. The van der Waals surface area contributed by atoms with Crippen molar-refractivity contribution < 1.29 is 4.79 Å². The Hall–Kier alpha value is -2.09. The molecular weight excluding hydrogens is 370 g/mol. The van der Waals surface area contributed by atoms with Crippen molar-refractivity contribution in [1.29, 1.82) is 0 Å². The molecule has 8 nitrogen and oxygen atoms in total. The predicted octanol–water partition coefficient (Wildman–Crippen LogP) is 1.89. The van der Waals surface area contributed by atoms with Crippen LogP contribution in [0.5, 0.6) is 0 Å². The maximum atomic E-state index is 13.2. The summed E-state index contributed by atoms with van der Waals surface area (Å²) in [6, 6.07) is 0. The average molecular weight is 408 g/mol. The van der Waals surface area contributed by atoms with Crippen molar-refractivity contribution >= 4 is 17.4 Å². The molecule has 0 saturated carbocycles. The maximum Gasteiger partial charge on any atom is 0.330 e. The van der Waals surface area contributed by atoms with Crippen LogP contribution in [0.15, 0.2) is 9.59 Å². The highest BCUT2D eigenvalue weighted by Crippen LogP contribution is 2.22. The van der Waals surface area contributed by atoms with E-state index >= 15 is 0 Å². The van der Waals surface area contributed by atoms with Crippen LogP contribution in [0.2, 0.25) is 0 Å². The summed E-state index contributed by atoms with van der Waals surface area (Å²) in [4.78, 5) is 44.1. The van der Waals surface area contributed by atoms with E-state index < -0.39 is 11.2 Å². The summed E-state index contributed by atoms with van der Waals surface area (Å²) < 4.78 is 1.36. The van der Waals surface area contributed by atoms with Gasteiger partial charge in [-0.2, -0.15) is 0 Å². The van der Waals surface area contributed by atoms with Gasteiger partial charge in [-0.3, -0.25) is 24.0 Å². The molecule has 29 heavy (non-hydrogen) atoms. The number of nitrogens with two attached hydrogens (primary N) is 1. The highest BCUT2D eigenvalue weighted by molar-refractivity contribution is 5.96. The molecule has 164 valence electrons. The van der Waals surface area contributed by atoms with Gasteiger partial charge in [-0.25, -0.2) is 4.79 Å². The van der Waals surface area contributed by atoms with Gasteiger partial charge in [-0.05, 0) is 30.6 Å². The third-order valence-corrected chi connectivity index (χ3v) is 5.37. The first-order valence-corrected chi connectivity index (χ1v) is 10.8. The molecule has 1 saturated heterocycles. The molecule has 0 aromatic carbocycles. The number of H-pyrrole nitrogens is 1. The van der Waals surface area contributed by atoms with Crippen LogP contribution in [0.4, 0.5) is 11.5 Å². The van der Waals surface area contributed by atoms with Gasteiger partial charge in [-0.1, -0.05) is 41.0 Å². The van der Waals surface area contributed by atoms with E-state index in [1.807, 2.05) is 20.8 Å². The third-order valence-electron chi connectivity index (χ3n) is 5.37. The van der Waals surface area contributed by atoms with Crippen LogP contribution in [0.1, 0.15) is 53.9 Å². The van der Waals surface area contributed by atoms with Crippen molar-refractivity contribution in [1.82, 2.24) is 14.5 Å². The van der Waals surface area contributed by atoms with Crippen LogP contribution in [0, 0.1) is 17.8 Å². The number of carbonyl (C=O) groups is 1. The lowest BCUT2D eigenvalue weighted by Gasteiger charge is -2.35. The number of hydrogen-bond donors (Lipinski definition) is 2. The number of piperidine rings is 1. The van der Waals surface area contributed by atoms with Crippen molar-refractivity contribution in [2.24, 2.45) is 17.8 Å². The monoisotopic (exact) mass is 407 g/mol. The number of likely N-dealkylation sites (tertiary alicyclic amines) is 1. The Labute approximate surface area is 173 Å². The largest absolute Gasteiger partial charge is 0.383 e. The first-order chi connectivity index (χ1) is 13.6. The second-order valence-electron chi connectivity index (χ2n) is 9.04. The summed E-state index contributed by atoms with van der Waals surface area (Å²) in [5, 5.41) is 0. The van der Waals surface area contributed by atoms with Gasteiger partial charge in [0, 0.05) is 26.2 Å². The maximum absolute atomic E-state index is 13.2. The van der Waals surface area contributed by atoms with Crippen molar-refractivity contribution in [3.8, 4) is 0 Å². The normalized spacial score (nSPS) is 20.2. The molecule has 0 spiro atoms. The van der Waals surface area contributed by atoms with Gasteiger partial charge in [0.1, 0.15) is 5.82 Å². The lowest BCUT2D eigenvalue weighted by Crippen LogP contribution is -2.48. The van der Waals surface area contributed by atoms with Crippen molar-refractivity contribution in [3.05, 3.63) is 20.8 Å². The number of hydrogen-bond acceptors (Lipinski definition) is 5. The summed E-state index contributed by atoms with van der Waals surface area (Å²) in [6.07, 6.45) is 2.79. The van der Waals surface area contributed by atoms with E-state index in [4.69, 9.17) is 5.73 Å². The Morgan fingerprint density at radius 3 is 2.41 bits per heavy atom. The molecule has 0 unspecified atom stereocenters. The Bertz CT molecular complexity index is 804. The molecule has 1 aliphatic rings. The van der Waals surface area contributed by atoms with Crippen LogP contribution in [-0.4, -0.2) is 46.5 Å². The highest BCUT2D eigenvalue weighted by Gasteiger charge is 2.28. The number of carbonyl (C=O) groups excluding carboxylic acids is 1. The molecule has 0 aliphatic carbocycles. The molecule has 0 radical (unpaired) electrons. The van der Waals surface area contributed by atoms with E-state index in [1.165, 1.54) is 9.47 Å². The molecule has 1 aromatic heterocycles. The molecule has 2 rings (SSSR count). The minimum Gasteiger partial charge on any atom is -0.383 e. The fourth-order valence-electron chi connectivity index (χ4n) is 4.26. The van der Waals surface area contributed by atoms with Crippen LogP contribution >= 0.6 is 0 Å². The molecule has 8 heteroatoms. The minimum absolute atomic E-state index is 0.0669. The number of nitrogens with one attached hydrogen (secondary N) is 1. The van der Waals surface area contributed by atoms with Crippen LogP contribution < -0.4 is 21.9 Å². The van der Waals surface area contributed by atoms with Crippen LogP contribution in [-0.2, 0) is 11.3 Å². The molecular formula is C21H37N5O3. The predicted molar refractivity (Wildman–Crippen MR) is 117 cm³/mol. The van der Waals surface area contributed by atoms with Gasteiger partial charge in [0.25, 0.3) is 5.56 Å². The van der Waals surface area contributed by atoms with E-state index in [-0.39, 0.29) is 29.9 Å². The van der Waals surface area contributed by atoms with E-state index in [2.05, 4.69) is 23.7 Å². The zero-order valence-corrected chi connectivity index (χ0v) is 18.5. The number of nitrogens with zero attached hydrogens (tertiary/aromatic N) is 3. The van der Waals surface area contributed by atoms with E-state index in [0.29, 0.717) is 24.9 Å². The van der Waals surface area contributed by atoms with Gasteiger partial charge in [0.05, 0.1) is 6.54 Å². The van der Waals surface area contributed by atoms with Gasteiger partial charge < -0.3 is 10.6 Å². The van der Waals surface area contributed by atoms with Crippen molar-refractivity contribution in [2.75, 3.05) is 36.8 Å². The lowest BCUT2D eigenvalue weighted by atomic mass is 9.92. The fourth-order valence-corrected chi connectivity index (χ4v) is 4.26. The number of anilines is 2. The first-order valence-electron chi connectivity index (χ1n) is 10.8. The zero-order valence-electron chi connectivity index (χ0n) is 18.5. The van der Waals surface area contributed by atoms with Gasteiger partial charge in [0.15, 0.2) is 5.69 Å². The average Bonchev–Trinajstić information content (AvgIpc) is 2.60. The molecule has 2 atom stereocenters. The quantitative estimate of drug-likeness (QED) is 0.685. The number of aromatic nitrogens is 2. The SMILES string of the molecule is CCCCN(C(=O)CN1C[C@@H](C)C[C@H](C)C1)c1c(N)n(CC(C)C)c(=O)[nH]c1=O. The molecule has 1 aromatic rings. The number of amides is 1. The second-order valence-corrected chi connectivity index (χ2v) is 9.04. The molecule has 1 fully saturated rings. The topological polar surface area (TPSA) is 104 Å². The van der Waals surface area contributed by atoms with E-state index in [0.717, 1.165) is 32.4 Å². The highest BCUT2D eigenvalue weighted by atomic mass is 16.2. The standard InChI is InChI=1S/C21H37N5O3/c1-6-7-8-25(17(27)13-24-11-15(4)9-16(5)12-24)18-19(22)26(10-14(2)3)21(29)23-20(18)28/h14-16H,6-13,22H2,1-5H3,(H,23,28,29)/t15-,16-/m0/s1. The number of unbranched alkanes of at least 4 members (excludes halogenated alkanes) is 1. The van der Waals surface area contributed by atoms with Crippen molar-refractivity contribution in [2.45, 2.75) is 60.4 Å². The summed E-state index contributed by atoms with van der Waals surface area (Å²) in [6.45, 7) is 13.1. The smallest absolute Gasteiger partial charge is 0.330 e. The van der Waals surface area contributed by atoms with Gasteiger partial charge in [0.2, 0.25) is 5.91 Å². The summed E-state index contributed by atoms with van der Waals surface area (Å²) >= 11 is 0. The summed E-state index contributed by atoms with van der Waals surface area (Å²) in [5.41, 5.74) is 5.22. The Kier molecular flexibility index (Phi) is 8.07. The molecule has 1 aliphatic heterocycles. The molecule has 3 N–H and O–H groups in total. The van der Waals surface area contributed by atoms with Gasteiger partial charge >= 0.3 is 5.69 Å². The zero-order chi connectivity index (χ0) is 21.7. The lowest BCUT2D eigenvalue weighted by molar-refractivity contribution is -0.120. The van der Waals surface area contributed by atoms with E-state index in [1.54, 1.807) is 0 Å². The number of rotatable bonds is 8. The molecule has 0 bridgehead atoms. The Balaban J connectivity index is 2.37. The van der Waals surface area contributed by atoms with E-state index in [9.17, 15) is 14.4 Å². The fraction of sp³-hybridized carbons (Fsp3) is 0.762. The Morgan fingerprint density at radius 2 is 1.86 bits per heavy atom. The second kappa shape index (κ2) is 10.1. The number of aromatic amines is 1. The molecule has 1 amide bonds. The summed E-state index contributed by atoms with van der Waals surface area (Å²) in [7, 11) is 0. The van der Waals surface area contributed by atoms with Gasteiger partial charge in [-0.15, -0.1) is 0 Å². The first kappa shape index (κ1) is 23.2. The van der Waals surface area contributed by atoms with Crippen molar-refractivity contribution in [3.63, 3.8) is 0 Å². The third kappa shape index (κ3) is 5.95. The minimum atomic E-state index is -0.600. The van der Waals surface area contributed by atoms with Crippen LogP contribution in [0.3, 0.4) is 0 Å².